The van der Waals surface area contributed by atoms with E-state index in [9.17, 15) is 22.4 Å². The predicted octanol–water partition coefficient (Wildman–Crippen LogP) is 2.78. The molecule has 24 heavy (non-hydrogen) atoms. The maximum Gasteiger partial charge on any atom is 0.471 e. The first-order valence-electron chi connectivity index (χ1n) is 7.18. The number of hydrogen-bond donors (Lipinski definition) is 3. The zero-order valence-electron chi connectivity index (χ0n) is 12.4. The fourth-order valence-corrected chi connectivity index (χ4v) is 2.52. The number of hydrogen-bond acceptors (Lipinski definition) is 5. The van der Waals surface area contributed by atoms with Crippen molar-refractivity contribution < 1.29 is 37.5 Å². The molecule has 1 aromatic rings. The molecule has 0 heterocycles. The number of nitrogens with zero attached hydrogens (tertiary/aromatic N) is 1. The van der Waals surface area contributed by atoms with Crippen LogP contribution in [0.15, 0.2) is 18.2 Å². The lowest BCUT2D eigenvalue weighted by molar-refractivity contribution is -0.174. The Morgan fingerprint density at radius 2 is 1.83 bits per heavy atom. The number of benzene rings is 1. The Balaban J connectivity index is 1.92. The lowest BCUT2D eigenvalue weighted by atomic mass is 9.93. The van der Waals surface area contributed by atoms with E-state index in [1.807, 2.05) is 5.32 Å². The summed E-state index contributed by atoms with van der Waals surface area (Å²) in [6, 6.07) is 2.50. The molecule has 0 bridgehead atoms. The summed E-state index contributed by atoms with van der Waals surface area (Å²) >= 11 is 0. The molecular weight excluding hydrogens is 336 g/mol. The minimum atomic E-state index is -4.92. The Hall–Kier alpha value is -2.07. The van der Waals surface area contributed by atoms with Crippen molar-refractivity contribution in [3.05, 3.63) is 24.0 Å². The van der Waals surface area contributed by atoms with Crippen LogP contribution in [0.2, 0.25) is 0 Å². The number of carbonyl (C=O) groups excluding carboxylic acids is 1. The summed E-state index contributed by atoms with van der Waals surface area (Å²) in [5.74, 6) is -2.71. The van der Waals surface area contributed by atoms with Gasteiger partial charge >= 0.3 is 12.1 Å². The first kappa shape index (κ1) is 18.3. The van der Waals surface area contributed by atoms with E-state index >= 15 is 0 Å². The quantitative estimate of drug-likeness (QED) is 0.573. The molecule has 0 atom stereocenters. The van der Waals surface area contributed by atoms with Crippen molar-refractivity contribution in [2.75, 3.05) is 5.23 Å². The van der Waals surface area contributed by atoms with Crippen LogP contribution in [-0.4, -0.2) is 34.6 Å². The monoisotopic (exact) mass is 352 g/mol. The molecule has 1 fully saturated rings. The fraction of sp³-hybridized carbons (Fsp3) is 0.500. The normalized spacial score (nSPS) is 21.2. The van der Waals surface area contributed by atoms with Crippen molar-refractivity contribution in [3.8, 4) is 5.75 Å². The third-order valence-electron chi connectivity index (χ3n) is 3.70. The van der Waals surface area contributed by atoms with Gasteiger partial charge in [-0.1, -0.05) is 0 Å². The smallest absolute Gasteiger partial charge is 0.471 e. The van der Waals surface area contributed by atoms with Crippen LogP contribution in [0.25, 0.3) is 0 Å². The summed E-state index contributed by atoms with van der Waals surface area (Å²) in [6.07, 6.45) is -4.18. The van der Waals surface area contributed by atoms with Gasteiger partial charge in [0.25, 0.3) is 0 Å². The first-order valence-corrected chi connectivity index (χ1v) is 7.18. The third-order valence-corrected chi connectivity index (χ3v) is 3.70. The Kier molecular flexibility index (Phi) is 5.50. The molecule has 0 aliphatic heterocycles. The van der Waals surface area contributed by atoms with E-state index in [1.54, 1.807) is 0 Å². The molecular formula is C14H16F4N2O4. The molecule has 6 nitrogen and oxygen atoms in total. The van der Waals surface area contributed by atoms with E-state index in [0.717, 1.165) is 18.2 Å². The maximum absolute atomic E-state index is 13.3. The summed E-state index contributed by atoms with van der Waals surface area (Å²) in [5.41, 5.74) is -0.163. The fourth-order valence-electron chi connectivity index (χ4n) is 2.52. The number of anilines is 1. The number of carbonyl (C=O) groups is 1. The predicted molar refractivity (Wildman–Crippen MR) is 73.3 cm³/mol. The van der Waals surface area contributed by atoms with Crippen LogP contribution < -0.4 is 15.3 Å². The van der Waals surface area contributed by atoms with Crippen LogP contribution in [0.4, 0.5) is 23.2 Å². The minimum absolute atomic E-state index is 0.0947. The molecule has 1 aliphatic carbocycles. The molecule has 1 aliphatic rings. The Labute approximate surface area is 134 Å². The van der Waals surface area contributed by atoms with Gasteiger partial charge in [-0.2, -0.15) is 13.2 Å². The van der Waals surface area contributed by atoms with E-state index < -0.39 is 30.0 Å². The minimum Gasteiger partial charge on any atom is -0.488 e. The third kappa shape index (κ3) is 4.71. The second-order valence-corrected chi connectivity index (χ2v) is 5.46. The van der Waals surface area contributed by atoms with Gasteiger partial charge in [0.2, 0.25) is 0 Å². The zero-order valence-corrected chi connectivity index (χ0v) is 12.4. The van der Waals surface area contributed by atoms with Crippen LogP contribution in [-0.2, 0) is 4.79 Å². The van der Waals surface area contributed by atoms with Crippen LogP contribution >= 0.6 is 0 Å². The highest BCUT2D eigenvalue weighted by Crippen LogP contribution is 2.31. The number of rotatable bonds is 4. The lowest BCUT2D eigenvalue weighted by Gasteiger charge is -2.30. The van der Waals surface area contributed by atoms with E-state index in [0.29, 0.717) is 12.8 Å². The molecule has 2 rings (SSSR count). The van der Waals surface area contributed by atoms with Crippen molar-refractivity contribution in [2.24, 2.45) is 0 Å². The first-order chi connectivity index (χ1) is 11.2. The van der Waals surface area contributed by atoms with Crippen molar-refractivity contribution in [2.45, 2.75) is 44.0 Å². The van der Waals surface area contributed by atoms with Gasteiger partial charge in [0, 0.05) is 12.1 Å². The number of ether oxygens (including phenoxy) is 1. The summed E-state index contributed by atoms with van der Waals surface area (Å²) < 4.78 is 55.4. The highest BCUT2D eigenvalue weighted by atomic mass is 19.4. The van der Waals surface area contributed by atoms with Crippen molar-refractivity contribution in [1.29, 1.82) is 0 Å². The van der Waals surface area contributed by atoms with E-state index in [1.165, 1.54) is 0 Å². The SMILES string of the molecule is O=C(NC1CCC(Oc2cc(F)ccc2N(O)O)CC1)C(F)(F)F. The average molecular weight is 352 g/mol. The summed E-state index contributed by atoms with van der Waals surface area (Å²) in [5, 5.41) is 19.9. The number of halogens is 4. The van der Waals surface area contributed by atoms with Crippen molar-refractivity contribution in [3.63, 3.8) is 0 Å². The van der Waals surface area contributed by atoms with Crippen molar-refractivity contribution in [1.82, 2.24) is 5.32 Å². The molecule has 0 unspecified atom stereocenters. The highest BCUT2D eigenvalue weighted by Gasteiger charge is 2.40. The zero-order chi connectivity index (χ0) is 17.9. The van der Waals surface area contributed by atoms with E-state index in [2.05, 4.69) is 0 Å². The number of amides is 1. The van der Waals surface area contributed by atoms with Gasteiger partial charge in [0.05, 0.1) is 6.10 Å². The van der Waals surface area contributed by atoms with Gasteiger partial charge in [0.1, 0.15) is 11.5 Å². The van der Waals surface area contributed by atoms with Crippen molar-refractivity contribution >= 4 is 11.6 Å². The van der Waals surface area contributed by atoms with Gasteiger partial charge in [0.15, 0.2) is 5.75 Å². The van der Waals surface area contributed by atoms with Crippen LogP contribution in [0.3, 0.4) is 0 Å². The van der Waals surface area contributed by atoms with Gasteiger partial charge in [-0.25, -0.2) is 4.39 Å². The van der Waals surface area contributed by atoms with E-state index in [-0.39, 0.29) is 29.5 Å². The van der Waals surface area contributed by atoms with Gasteiger partial charge in [-0.15, -0.1) is 5.23 Å². The molecule has 134 valence electrons. The Bertz CT molecular complexity index is 587. The highest BCUT2D eigenvalue weighted by molar-refractivity contribution is 5.81. The van der Waals surface area contributed by atoms with Gasteiger partial charge < -0.3 is 10.1 Å². The second kappa shape index (κ2) is 7.22. The van der Waals surface area contributed by atoms with Gasteiger partial charge in [-0.05, 0) is 37.8 Å². The molecule has 0 radical (unpaired) electrons. The standard InChI is InChI=1S/C14H16F4N2O4/c15-8-1-6-11(20(22)23)12(7-8)24-10-4-2-9(3-5-10)19-13(21)14(16,17)18/h1,6-7,9-10,22-23H,2-5H2,(H,19,21). The Morgan fingerprint density at radius 3 is 2.38 bits per heavy atom. The molecule has 3 N–H and O–H groups in total. The Morgan fingerprint density at radius 1 is 1.21 bits per heavy atom. The molecule has 0 aromatic heterocycles. The summed E-state index contributed by atoms with van der Waals surface area (Å²) in [7, 11) is 0. The van der Waals surface area contributed by atoms with Crippen LogP contribution in [0, 0.1) is 5.82 Å². The molecule has 0 saturated heterocycles. The molecule has 10 heteroatoms. The van der Waals surface area contributed by atoms with E-state index in [4.69, 9.17) is 15.2 Å². The number of nitrogens with one attached hydrogen (secondary N) is 1. The second-order valence-electron chi connectivity index (χ2n) is 5.46. The molecule has 1 aromatic carbocycles. The average Bonchev–Trinajstić information content (AvgIpc) is 2.48. The summed E-state index contributed by atoms with van der Waals surface area (Å²) in [4.78, 5) is 10.9. The van der Waals surface area contributed by atoms with Gasteiger partial charge in [-0.3, -0.25) is 15.2 Å². The molecule has 0 spiro atoms. The largest absolute Gasteiger partial charge is 0.488 e. The molecule has 1 saturated carbocycles. The van der Waals surface area contributed by atoms with Crippen LogP contribution in [0.5, 0.6) is 5.75 Å². The molecule has 1 amide bonds. The van der Waals surface area contributed by atoms with Crippen LogP contribution in [0.1, 0.15) is 25.7 Å². The lowest BCUT2D eigenvalue weighted by Crippen LogP contribution is -2.45. The topological polar surface area (TPSA) is 82.0 Å². The number of alkyl halides is 3. The summed E-state index contributed by atoms with van der Waals surface area (Å²) in [6.45, 7) is 0. The maximum atomic E-state index is 13.3.